The molecule has 0 atom stereocenters. The molecule has 0 saturated carbocycles. The third kappa shape index (κ3) is 4.41. The van der Waals surface area contributed by atoms with Crippen molar-refractivity contribution in [1.29, 1.82) is 0 Å². The SMILES string of the molecule is CN(C)C(=O)c1cc2cnc(Nc3ccc(N4CCNCC4)cn3)nn2c1C1=CCCCC1. The first kappa shape index (κ1) is 21.4. The first-order chi connectivity index (χ1) is 16.1. The third-order valence-corrected chi connectivity index (χ3v) is 6.22. The van der Waals surface area contributed by atoms with Crippen LogP contribution in [-0.2, 0) is 0 Å². The average molecular weight is 447 g/mol. The second kappa shape index (κ2) is 9.19. The fourth-order valence-corrected chi connectivity index (χ4v) is 4.48. The molecule has 172 valence electrons. The van der Waals surface area contributed by atoms with Crippen LogP contribution in [0.2, 0.25) is 0 Å². The summed E-state index contributed by atoms with van der Waals surface area (Å²) in [6, 6.07) is 5.91. The zero-order valence-corrected chi connectivity index (χ0v) is 19.2. The first-order valence-corrected chi connectivity index (χ1v) is 11.6. The van der Waals surface area contributed by atoms with E-state index < -0.39 is 0 Å². The van der Waals surface area contributed by atoms with Gasteiger partial charge in [-0.05, 0) is 49.5 Å². The van der Waals surface area contributed by atoms with Crippen molar-refractivity contribution in [3.05, 3.63) is 47.9 Å². The van der Waals surface area contributed by atoms with Gasteiger partial charge in [-0.25, -0.2) is 14.5 Å². The van der Waals surface area contributed by atoms with Gasteiger partial charge in [-0.1, -0.05) is 6.08 Å². The van der Waals surface area contributed by atoms with Crippen molar-refractivity contribution in [2.45, 2.75) is 25.7 Å². The summed E-state index contributed by atoms with van der Waals surface area (Å²) >= 11 is 0. The Hall–Kier alpha value is -3.46. The Bertz CT molecular complexity index is 1180. The standard InChI is InChI=1S/C24H30N8O/c1-30(2)23(33)20-14-19-16-27-24(29-32(19)22(20)17-6-4-3-5-7-17)28-21-9-8-18(15-26-21)31-12-10-25-11-13-31/h6,8-9,14-16,25H,3-5,7,10-13H2,1-2H3,(H,26,28,29). The highest BCUT2D eigenvalue weighted by molar-refractivity contribution is 6.00. The highest BCUT2D eigenvalue weighted by Crippen LogP contribution is 2.31. The van der Waals surface area contributed by atoms with Crippen molar-refractivity contribution in [3.63, 3.8) is 0 Å². The van der Waals surface area contributed by atoms with Crippen LogP contribution in [0.3, 0.4) is 0 Å². The summed E-state index contributed by atoms with van der Waals surface area (Å²) in [5.74, 6) is 1.10. The van der Waals surface area contributed by atoms with E-state index in [0.29, 0.717) is 17.3 Å². The normalized spacial score (nSPS) is 16.5. The minimum atomic E-state index is -0.0262. The Labute approximate surface area is 193 Å². The molecule has 33 heavy (non-hydrogen) atoms. The van der Waals surface area contributed by atoms with Crippen LogP contribution < -0.4 is 15.5 Å². The maximum atomic E-state index is 12.9. The molecule has 4 heterocycles. The van der Waals surface area contributed by atoms with Crippen LogP contribution in [0.1, 0.15) is 41.7 Å². The Morgan fingerprint density at radius 1 is 1.12 bits per heavy atom. The summed E-state index contributed by atoms with van der Waals surface area (Å²) in [4.78, 5) is 25.9. The second-order valence-corrected chi connectivity index (χ2v) is 8.76. The molecule has 0 radical (unpaired) electrons. The van der Waals surface area contributed by atoms with Crippen molar-refractivity contribution >= 4 is 34.5 Å². The average Bonchev–Trinajstić information content (AvgIpc) is 3.24. The maximum absolute atomic E-state index is 12.9. The number of carbonyl (C=O) groups is 1. The Kier molecular flexibility index (Phi) is 5.95. The van der Waals surface area contributed by atoms with Crippen LogP contribution in [0.5, 0.6) is 0 Å². The van der Waals surface area contributed by atoms with Crippen molar-refractivity contribution < 1.29 is 4.79 Å². The van der Waals surface area contributed by atoms with Gasteiger partial charge in [-0.2, -0.15) is 0 Å². The molecule has 9 nitrogen and oxygen atoms in total. The molecule has 2 N–H and O–H groups in total. The highest BCUT2D eigenvalue weighted by Gasteiger charge is 2.23. The molecule has 1 aliphatic heterocycles. The van der Waals surface area contributed by atoms with Gasteiger partial charge in [0.1, 0.15) is 5.82 Å². The minimum Gasteiger partial charge on any atom is -0.368 e. The van der Waals surface area contributed by atoms with Crippen LogP contribution >= 0.6 is 0 Å². The molecule has 0 bridgehead atoms. The number of amides is 1. The van der Waals surface area contributed by atoms with Crippen LogP contribution in [0.4, 0.5) is 17.5 Å². The van der Waals surface area contributed by atoms with E-state index in [1.165, 1.54) is 12.0 Å². The fourth-order valence-electron chi connectivity index (χ4n) is 4.48. The van der Waals surface area contributed by atoms with Gasteiger partial charge < -0.3 is 20.4 Å². The van der Waals surface area contributed by atoms with E-state index in [1.54, 1.807) is 25.2 Å². The molecular formula is C24H30N8O. The third-order valence-electron chi connectivity index (χ3n) is 6.22. The number of rotatable bonds is 5. The Morgan fingerprint density at radius 3 is 2.67 bits per heavy atom. The van der Waals surface area contributed by atoms with Crippen LogP contribution in [0, 0.1) is 0 Å². The fraction of sp³-hybridized carbons (Fsp3) is 0.417. The zero-order valence-electron chi connectivity index (χ0n) is 19.2. The lowest BCUT2D eigenvalue weighted by Gasteiger charge is -2.29. The first-order valence-electron chi connectivity index (χ1n) is 11.6. The lowest BCUT2D eigenvalue weighted by Crippen LogP contribution is -2.43. The molecule has 1 saturated heterocycles. The monoisotopic (exact) mass is 446 g/mol. The van der Waals surface area contributed by atoms with Gasteiger partial charge >= 0.3 is 0 Å². The lowest BCUT2D eigenvalue weighted by molar-refractivity contribution is 0.0827. The second-order valence-electron chi connectivity index (χ2n) is 8.76. The molecule has 2 aliphatic rings. The number of anilines is 3. The Balaban J connectivity index is 1.46. The number of pyridine rings is 1. The molecule has 5 rings (SSSR count). The smallest absolute Gasteiger partial charge is 0.255 e. The molecule has 1 fully saturated rings. The van der Waals surface area contributed by atoms with Crippen LogP contribution in [0.15, 0.2) is 36.7 Å². The maximum Gasteiger partial charge on any atom is 0.255 e. The molecule has 3 aromatic rings. The summed E-state index contributed by atoms with van der Waals surface area (Å²) in [6.07, 6.45) is 10.1. The van der Waals surface area contributed by atoms with Gasteiger partial charge in [-0.15, -0.1) is 5.10 Å². The summed E-state index contributed by atoms with van der Waals surface area (Å²) < 4.78 is 1.85. The van der Waals surface area contributed by atoms with Gasteiger partial charge in [0.2, 0.25) is 5.95 Å². The Morgan fingerprint density at radius 2 is 1.97 bits per heavy atom. The number of hydrogen-bond acceptors (Lipinski definition) is 7. The quantitative estimate of drug-likeness (QED) is 0.623. The summed E-state index contributed by atoms with van der Waals surface area (Å²) in [7, 11) is 3.55. The van der Waals surface area contributed by atoms with E-state index in [-0.39, 0.29) is 5.91 Å². The van der Waals surface area contributed by atoms with Crippen molar-refractivity contribution in [1.82, 2.24) is 29.8 Å². The van der Waals surface area contributed by atoms with E-state index in [1.807, 2.05) is 22.8 Å². The van der Waals surface area contributed by atoms with Crippen molar-refractivity contribution in [2.75, 3.05) is 50.5 Å². The summed E-state index contributed by atoms with van der Waals surface area (Å²) in [5, 5.41) is 11.3. The molecule has 9 heteroatoms. The van der Waals surface area contributed by atoms with E-state index >= 15 is 0 Å². The molecule has 1 amide bonds. The number of hydrogen-bond donors (Lipinski definition) is 2. The number of fused-ring (bicyclic) bond motifs is 1. The molecule has 1 aliphatic carbocycles. The van der Waals surface area contributed by atoms with E-state index in [0.717, 1.165) is 62.3 Å². The van der Waals surface area contributed by atoms with Gasteiger partial charge in [-0.3, -0.25) is 4.79 Å². The number of nitrogens with one attached hydrogen (secondary N) is 2. The minimum absolute atomic E-state index is 0.0262. The van der Waals surface area contributed by atoms with Crippen LogP contribution in [-0.4, -0.2) is 70.7 Å². The number of nitrogens with zero attached hydrogens (tertiary/aromatic N) is 6. The molecule has 0 spiro atoms. The lowest BCUT2D eigenvalue weighted by atomic mass is 9.95. The van der Waals surface area contributed by atoms with Crippen molar-refractivity contribution in [2.24, 2.45) is 0 Å². The molecule has 0 aromatic carbocycles. The van der Waals surface area contributed by atoms with E-state index in [9.17, 15) is 4.79 Å². The number of carbonyl (C=O) groups excluding carboxylic acids is 1. The van der Waals surface area contributed by atoms with Gasteiger partial charge in [0.15, 0.2) is 0 Å². The van der Waals surface area contributed by atoms with Gasteiger partial charge in [0, 0.05) is 40.3 Å². The number of allylic oxidation sites excluding steroid dienone is 2. The number of piperazine rings is 1. The number of aromatic nitrogens is 4. The predicted molar refractivity (Wildman–Crippen MR) is 130 cm³/mol. The summed E-state index contributed by atoms with van der Waals surface area (Å²) in [5.41, 5.74) is 4.62. The van der Waals surface area contributed by atoms with Crippen LogP contribution in [0.25, 0.3) is 11.1 Å². The van der Waals surface area contributed by atoms with Crippen molar-refractivity contribution in [3.8, 4) is 0 Å². The topological polar surface area (TPSA) is 90.7 Å². The molecular weight excluding hydrogens is 416 g/mol. The largest absolute Gasteiger partial charge is 0.368 e. The van der Waals surface area contributed by atoms with Gasteiger partial charge in [0.25, 0.3) is 5.91 Å². The zero-order chi connectivity index (χ0) is 22.8. The van der Waals surface area contributed by atoms with Gasteiger partial charge in [0.05, 0.1) is 34.9 Å². The molecule has 0 unspecified atom stereocenters. The van der Waals surface area contributed by atoms with E-state index in [4.69, 9.17) is 5.10 Å². The molecule has 3 aromatic heterocycles. The van der Waals surface area contributed by atoms with E-state index in [2.05, 4.69) is 37.6 Å². The highest BCUT2D eigenvalue weighted by atomic mass is 16.2. The predicted octanol–water partition coefficient (Wildman–Crippen LogP) is 2.94. The summed E-state index contributed by atoms with van der Waals surface area (Å²) in [6.45, 7) is 3.94.